The highest BCUT2D eigenvalue weighted by Crippen LogP contribution is 2.45. The van der Waals surface area contributed by atoms with E-state index < -0.39 is 5.41 Å². The summed E-state index contributed by atoms with van der Waals surface area (Å²) in [6.45, 7) is 4.19. The molecule has 1 spiro atoms. The van der Waals surface area contributed by atoms with Crippen LogP contribution in [0.2, 0.25) is 0 Å². The molecule has 0 bridgehead atoms. The maximum Gasteiger partial charge on any atom is 0.237 e. The van der Waals surface area contributed by atoms with Crippen LogP contribution in [0.1, 0.15) is 44.3 Å². The fraction of sp³-hybridized carbons (Fsp3) is 0.643. The van der Waals surface area contributed by atoms with Crippen LogP contribution in [0.15, 0.2) is 10.6 Å². The number of likely N-dealkylation sites (tertiary alicyclic amines) is 1. The number of hydrogen-bond acceptors (Lipinski definition) is 5. The molecule has 108 valence electrons. The maximum atomic E-state index is 12.5. The van der Waals surface area contributed by atoms with Gasteiger partial charge in [-0.1, -0.05) is 13.8 Å². The van der Waals surface area contributed by atoms with Gasteiger partial charge in [0.05, 0.1) is 11.6 Å². The summed E-state index contributed by atoms with van der Waals surface area (Å²) in [5.41, 5.74) is -0.449. The number of carbonyl (C=O) groups excluding carboxylic acids is 2. The highest BCUT2D eigenvalue weighted by molar-refractivity contribution is 7.99. The third-order valence-corrected chi connectivity index (χ3v) is 5.28. The second-order valence-electron chi connectivity index (χ2n) is 5.86. The summed E-state index contributed by atoms with van der Waals surface area (Å²) in [6, 6.07) is 0. The fourth-order valence-electron chi connectivity index (χ4n) is 2.74. The number of amides is 2. The average Bonchev–Trinajstić information content (AvgIpc) is 3.08. The molecule has 5 nitrogen and oxygen atoms in total. The van der Waals surface area contributed by atoms with Crippen LogP contribution >= 0.6 is 11.8 Å². The van der Waals surface area contributed by atoms with Crippen LogP contribution in [-0.2, 0) is 16.1 Å². The van der Waals surface area contributed by atoms with Gasteiger partial charge in [0.1, 0.15) is 12.3 Å². The Labute approximate surface area is 122 Å². The van der Waals surface area contributed by atoms with Gasteiger partial charge in [-0.3, -0.25) is 14.5 Å². The van der Waals surface area contributed by atoms with Gasteiger partial charge in [-0.2, -0.15) is 11.8 Å². The molecule has 20 heavy (non-hydrogen) atoms. The molecule has 2 fully saturated rings. The van der Waals surface area contributed by atoms with Crippen molar-refractivity contribution in [1.82, 2.24) is 9.88 Å². The molecular weight excluding hydrogens is 276 g/mol. The van der Waals surface area contributed by atoms with Gasteiger partial charge in [0.2, 0.25) is 17.7 Å². The molecule has 2 amide bonds. The minimum absolute atomic E-state index is 0.0446. The molecule has 0 N–H and O–H groups in total. The number of oxazole rings is 1. The van der Waals surface area contributed by atoms with Crippen molar-refractivity contribution in [2.75, 3.05) is 11.5 Å². The quantitative estimate of drug-likeness (QED) is 0.800. The molecule has 0 saturated carbocycles. The molecule has 3 heterocycles. The van der Waals surface area contributed by atoms with E-state index in [0.717, 1.165) is 23.7 Å². The predicted molar refractivity (Wildman–Crippen MR) is 75.1 cm³/mol. The highest BCUT2D eigenvalue weighted by Gasteiger charge is 2.53. The van der Waals surface area contributed by atoms with Crippen molar-refractivity contribution in [2.45, 2.75) is 39.2 Å². The molecule has 0 aliphatic carbocycles. The summed E-state index contributed by atoms with van der Waals surface area (Å²) < 4.78 is 5.59. The summed E-state index contributed by atoms with van der Waals surface area (Å²) >= 11 is 1.75. The lowest BCUT2D eigenvalue weighted by atomic mass is 9.86. The van der Waals surface area contributed by atoms with E-state index in [1.54, 1.807) is 18.0 Å². The Balaban J connectivity index is 1.76. The largest absolute Gasteiger partial charge is 0.443 e. The Kier molecular flexibility index (Phi) is 3.36. The van der Waals surface area contributed by atoms with Gasteiger partial charge in [0.15, 0.2) is 0 Å². The predicted octanol–water partition coefficient (Wildman–Crippen LogP) is 2.18. The molecule has 2 aliphatic rings. The van der Waals surface area contributed by atoms with Gasteiger partial charge >= 0.3 is 0 Å². The Bertz CT molecular complexity index is 546. The van der Waals surface area contributed by atoms with Crippen LogP contribution in [0, 0.1) is 5.41 Å². The van der Waals surface area contributed by atoms with E-state index >= 15 is 0 Å². The number of imide groups is 1. The SMILES string of the molecule is CC(C)c1cnc(CN2C(=O)C[C@]3(CCSC3)C2=O)o1. The van der Waals surface area contributed by atoms with E-state index in [9.17, 15) is 9.59 Å². The number of rotatable bonds is 3. The first-order valence-electron chi connectivity index (χ1n) is 6.89. The van der Waals surface area contributed by atoms with Crippen molar-refractivity contribution in [3.8, 4) is 0 Å². The molecule has 6 heteroatoms. The lowest BCUT2D eigenvalue weighted by Crippen LogP contribution is -2.35. The van der Waals surface area contributed by atoms with Crippen LogP contribution in [0.3, 0.4) is 0 Å². The zero-order chi connectivity index (χ0) is 14.3. The number of aromatic nitrogens is 1. The Morgan fingerprint density at radius 2 is 2.30 bits per heavy atom. The van der Waals surface area contributed by atoms with Crippen LogP contribution in [0.5, 0.6) is 0 Å². The van der Waals surface area contributed by atoms with Crippen molar-refractivity contribution in [3.63, 3.8) is 0 Å². The third kappa shape index (κ3) is 2.16. The molecule has 1 atom stereocenters. The smallest absolute Gasteiger partial charge is 0.237 e. The van der Waals surface area contributed by atoms with E-state index in [1.807, 2.05) is 13.8 Å². The molecule has 2 saturated heterocycles. The maximum absolute atomic E-state index is 12.5. The minimum Gasteiger partial charge on any atom is -0.443 e. The normalized spacial score (nSPS) is 26.4. The van der Waals surface area contributed by atoms with Gasteiger partial charge in [-0.25, -0.2) is 4.98 Å². The summed E-state index contributed by atoms with van der Waals surface area (Å²) in [4.78, 5) is 30.1. The van der Waals surface area contributed by atoms with Crippen molar-refractivity contribution >= 4 is 23.6 Å². The van der Waals surface area contributed by atoms with Crippen molar-refractivity contribution in [1.29, 1.82) is 0 Å². The summed E-state index contributed by atoms with van der Waals surface area (Å²) in [5, 5.41) is 0. The lowest BCUT2D eigenvalue weighted by Gasteiger charge is -2.19. The standard InChI is InChI=1S/C14H18N2O3S/c1-9(2)10-6-15-11(19-10)7-16-12(17)5-14(13(16)18)3-4-20-8-14/h6,9H,3-5,7-8H2,1-2H3/t14-/m0/s1. The molecule has 2 aliphatic heterocycles. The summed E-state index contributed by atoms with van der Waals surface area (Å²) in [5.74, 6) is 3.06. The van der Waals surface area contributed by atoms with E-state index in [1.165, 1.54) is 4.90 Å². The molecule has 3 rings (SSSR count). The first-order chi connectivity index (χ1) is 9.52. The van der Waals surface area contributed by atoms with E-state index in [4.69, 9.17) is 4.42 Å². The van der Waals surface area contributed by atoms with E-state index in [0.29, 0.717) is 12.3 Å². The monoisotopic (exact) mass is 294 g/mol. The zero-order valence-electron chi connectivity index (χ0n) is 11.7. The van der Waals surface area contributed by atoms with Crippen LogP contribution in [0.25, 0.3) is 0 Å². The van der Waals surface area contributed by atoms with Gasteiger partial charge in [-0.05, 0) is 12.2 Å². The summed E-state index contributed by atoms with van der Waals surface area (Å²) in [6.07, 6.45) is 2.82. The molecule has 0 radical (unpaired) electrons. The number of thioether (sulfide) groups is 1. The Hall–Kier alpha value is -1.30. The van der Waals surface area contributed by atoms with Gasteiger partial charge < -0.3 is 4.42 Å². The number of hydrogen-bond donors (Lipinski definition) is 0. The van der Waals surface area contributed by atoms with Crippen LogP contribution in [-0.4, -0.2) is 33.2 Å². The second kappa shape index (κ2) is 4.91. The minimum atomic E-state index is -0.449. The summed E-state index contributed by atoms with van der Waals surface area (Å²) in [7, 11) is 0. The molecular formula is C14H18N2O3S. The van der Waals surface area contributed by atoms with Crippen molar-refractivity contribution < 1.29 is 14.0 Å². The van der Waals surface area contributed by atoms with Crippen LogP contribution in [0.4, 0.5) is 0 Å². The average molecular weight is 294 g/mol. The number of nitrogens with zero attached hydrogens (tertiary/aromatic N) is 2. The lowest BCUT2D eigenvalue weighted by molar-refractivity contribution is -0.142. The zero-order valence-corrected chi connectivity index (χ0v) is 12.5. The first kappa shape index (κ1) is 13.7. The van der Waals surface area contributed by atoms with E-state index in [2.05, 4.69) is 4.98 Å². The molecule has 0 aromatic carbocycles. The molecule has 1 aromatic heterocycles. The van der Waals surface area contributed by atoms with Gasteiger partial charge in [0, 0.05) is 18.1 Å². The van der Waals surface area contributed by atoms with Crippen LogP contribution < -0.4 is 0 Å². The topological polar surface area (TPSA) is 63.4 Å². The number of carbonyl (C=O) groups is 2. The van der Waals surface area contributed by atoms with Crippen molar-refractivity contribution in [3.05, 3.63) is 17.8 Å². The van der Waals surface area contributed by atoms with Gasteiger partial charge in [-0.15, -0.1) is 0 Å². The fourth-order valence-corrected chi connectivity index (χ4v) is 4.18. The molecule has 1 aromatic rings. The van der Waals surface area contributed by atoms with E-state index in [-0.39, 0.29) is 24.3 Å². The van der Waals surface area contributed by atoms with Crippen molar-refractivity contribution in [2.24, 2.45) is 5.41 Å². The first-order valence-corrected chi connectivity index (χ1v) is 8.04. The molecule has 0 unspecified atom stereocenters. The highest BCUT2D eigenvalue weighted by atomic mass is 32.2. The van der Waals surface area contributed by atoms with Gasteiger partial charge in [0.25, 0.3) is 0 Å². The third-order valence-electron chi connectivity index (χ3n) is 4.03. The Morgan fingerprint density at radius 1 is 1.50 bits per heavy atom. The second-order valence-corrected chi connectivity index (χ2v) is 6.96. The Morgan fingerprint density at radius 3 is 2.90 bits per heavy atom.